The summed E-state index contributed by atoms with van der Waals surface area (Å²) in [6.07, 6.45) is 1.41. The summed E-state index contributed by atoms with van der Waals surface area (Å²) in [4.78, 5) is 0. The Labute approximate surface area is 101 Å². The lowest BCUT2D eigenvalue weighted by Crippen LogP contribution is -2.23. The number of aliphatic hydroxyl groups excluding tert-OH is 1. The van der Waals surface area contributed by atoms with Crippen molar-refractivity contribution < 1.29 is 14.6 Å². The van der Waals surface area contributed by atoms with Gasteiger partial charge in [-0.2, -0.15) is 0 Å². The van der Waals surface area contributed by atoms with E-state index in [1.165, 1.54) is 0 Å². The minimum Gasteiger partial charge on any atom is -0.497 e. The summed E-state index contributed by atoms with van der Waals surface area (Å²) in [5, 5.41) is 10.4. The molecule has 4 nitrogen and oxygen atoms in total. The summed E-state index contributed by atoms with van der Waals surface area (Å²) in [6, 6.07) is 5.46. The molecule has 17 heavy (non-hydrogen) atoms. The van der Waals surface area contributed by atoms with Crippen molar-refractivity contribution in [3.8, 4) is 11.5 Å². The van der Waals surface area contributed by atoms with E-state index < -0.39 is 6.10 Å². The highest BCUT2D eigenvalue weighted by atomic mass is 16.5. The maximum atomic E-state index is 10.4. The van der Waals surface area contributed by atoms with Crippen LogP contribution in [-0.4, -0.2) is 25.9 Å². The highest BCUT2D eigenvalue weighted by Crippen LogP contribution is 2.54. The molecule has 4 heteroatoms. The summed E-state index contributed by atoms with van der Waals surface area (Å²) in [5.74, 6) is 1.37. The number of hydrogen-bond donors (Lipinski definition) is 2. The van der Waals surface area contributed by atoms with E-state index in [0.29, 0.717) is 18.0 Å². The van der Waals surface area contributed by atoms with Crippen molar-refractivity contribution >= 4 is 0 Å². The van der Waals surface area contributed by atoms with Crippen molar-refractivity contribution in [1.82, 2.24) is 0 Å². The molecule has 1 unspecified atom stereocenters. The Balaban J connectivity index is 2.31. The average molecular weight is 237 g/mol. The van der Waals surface area contributed by atoms with Crippen molar-refractivity contribution in [2.45, 2.75) is 18.9 Å². The second kappa shape index (κ2) is 4.55. The van der Waals surface area contributed by atoms with Gasteiger partial charge in [0.25, 0.3) is 0 Å². The molecule has 94 valence electrons. The fourth-order valence-electron chi connectivity index (χ4n) is 2.09. The number of nitrogens with two attached hydrogens (primary N) is 1. The van der Waals surface area contributed by atoms with E-state index in [1.54, 1.807) is 20.3 Å². The van der Waals surface area contributed by atoms with Gasteiger partial charge in [-0.25, -0.2) is 0 Å². The lowest BCUT2D eigenvalue weighted by molar-refractivity contribution is 0.0970. The van der Waals surface area contributed by atoms with E-state index in [2.05, 4.69) is 0 Å². The third kappa shape index (κ3) is 2.23. The van der Waals surface area contributed by atoms with E-state index in [1.807, 2.05) is 12.1 Å². The lowest BCUT2D eigenvalue weighted by atomic mass is 9.92. The van der Waals surface area contributed by atoms with Gasteiger partial charge in [0.05, 0.1) is 20.3 Å². The summed E-state index contributed by atoms with van der Waals surface area (Å²) in [7, 11) is 3.20. The summed E-state index contributed by atoms with van der Waals surface area (Å²) >= 11 is 0. The highest BCUT2D eigenvalue weighted by Gasteiger charge is 2.48. The normalized spacial score (nSPS) is 18.6. The number of hydrogen-bond acceptors (Lipinski definition) is 4. The molecule has 1 aliphatic rings. The van der Waals surface area contributed by atoms with Crippen LogP contribution in [0.25, 0.3) is 0 Å². The van der Waals surface area contributed by atoms with Crippen LogP contribution in [0.5, 0.6) is 11.5 Å². The largest absolute Gasteiger partial charge is 0.497 e. The van der Waals surface area contributed by atoms with Crippen LogP contribution in [-0.2, 0) is 0 Å². The number of ether oxygens (including phenoxy) is 2. The van der Waals surface area contributed by atoms with Gasteiger partial charge in [0, 0.05) is 18.0 Å². The van der Waals surface area contributed by atoms with E-state index in [4.69, 9.17) is 15.2 Å². The number of rotatable bonds is 5. The van der Waals surface area contributed by atoms with Crippen LogP contribution in [0.15, 0.2) is 18.2 Å². The molecule has 0 saturated heterocycles. The molecule has 1 aliphatic carbocycles. The van der Waals surface area contributed by atoms with Crippen molar-refractivity contribution in [2.24, 2.45) is 11.1 Å². The summed E-state index contributed by atoms with van der Waals surface area (Å²) < 4.78 is 10.4. The molecule has 1 atom stereocenters. The summed E-state index contributed by atoms with van der Waals surface area (Å²) in [6.45, 7) is 0.508. The zero-order valence-electron chi connectivity index (χ0n) is 10.3. The summed E-state index contributed by atoms with van der Waals surface area (Å²) in [5.41, 5.74) is 6.39. The molecule has 0 spiro atoms. The van der Waals surface area contributed by atoms with Gasteiger partial charge in [0.2, 0.25) is 0 Å². The molecule has 0 amide bonds. The molecule has 1 aromatic rings. The molecule has 0 heterocycles. The Kier molecular flexibility index (Phi) is 3.26. The monoisotopic (exact) mass is 237 g/mol. The van der Waals surface area contributed by atoms with Gasteiger partial charge in [-0.3, -0.25) is 0 Å². The first-order valence-corrected chi connectivity index (χ1v) is 5.76. The lowest BCUT2D eigenvalue weighted by Gasteiger charge is -2.21. The third-order valence-corrected chi connectivity index (χ3v) is 3.57. The quantitative estimate of drug-likeness (QED) is 0.814. The van der Waals surface area contributed by atoms with Crippen molar-refractivity contribution in [3.05, 3.63) is 23.8 Å². The fourth-order valence-corrected chi connectivity index (χ4v) is 2.09. The molecular weight excluding hydrogens is 218 g/mol. The molecule has 0 radical (unpaired) electrons. The molecular formula is C13H19NO3. The van der Waals surface area contributed by atoms with Crippen LogP contribution in [0.2, 0.25) is 0 Å². The van der Waals surface area contributed by atoms with Crippen LogP contribution in [0.4, 0.5) is 0 Å². The molecule has 1 saturated carbocycles. The minimum absolute atomic E-state index is 0.141. The van der Waals surface area contributed by atoms with Crippen LogP contribution in [0, 0.1) is 5.41 Å². The highest BCUT2D eigenvalue weighted by molar-refractivity contribution is 5.40. The van der Waals surface area contributed by atoms with Crippen LogP contribution < -0.4 is 15.2 Å². The second-order valence-electron chi connectivity index (χ2n) is 4.62. The van der Waals surface area contributed by atoms with Gasteiger partial charge in [-0.15, -0.1) is 0 Å². The fraction of sp³-hybridized carbons (Fsp3) is 0.538. The van der Waals surface area contributed by atoms with Crippen LogP contribution in [0.3, 0.4) is 0 Å². The van der Waals surface area contributed by atoms with E-state index in [-0.39, 0.29) is 5.41 Å². The molecule has 0 aromatic heterocycles. The minimum atomic E-state index is -0.545. The van der Waals surface area contributed by atoms with Crippen molar-refractivity contribution in [3.63, 3.8) is 0 Å². The first-order chi connectivity index (χ1) is 8.15. The Morgan fingerprint density at radius 1 is 1.24 bits per heavy atom. The Hall–Kier alpha value is -1.26. The maximum absolute atomic E-state index is 10.4. The van der Waals surface area contributed by atoms with E-state index >= 15 is 0 Å². The van der Waals surface area contributed by atoms with Crippen LogP contribution >= 0.6 is 0 Å². The average Bonchev–Trinajstić information content (AvgIpc) is 3.18. The first kappa shape index (κ1) is 12.2. The Morgan fingerprint density at radius 3 is 2.12 bits per heavy atom. The predicted molar refractivity (Wildman–Crippen MR) is 65.2 cm³/mol. The number of methoxy groups -OCH3 is 2. The Bertz CT molecular complexity index is 379. The van der Waals surface area contributed by atoms with Gasteiger partial charge in [-0.05, 0) is 30.5 Å². The Morgan fingerprint density at radius 2 is 1.76 bits per heavy atom. The topological polar surface area (TPSA) is 64.7 Å². The van der Waals surface area contributed by atoms with Crippen LogP contribution in [0.1, 0.15) is 24.5 Å². The predicted octanol–water partition coefficient (Wildman–Crippen LogP) is 1.48. The van der Waals surface area contributed by atoms with Gasteiger partial charge in [0.15, 0.2) is 0 Å². The SMILES string of the molecule is COc1cc(OC)cc(C(O)C2(CN)CC2)c1. The first-order valence-electron chi connectivity index (χ1n) is 5.76. The molecule has 1 aromatic carbocycles. The standard InChI is InChI=1S/C13H19NO3/c1-16-10-5-9(6-11(7-10)17-2)12(15)13(8-14)3-4-13/h5-7,12,15H,3-4,8,14H2,1-2H3. The molecule has 1 fully saturated rings. The number of aliphatic hydroxyl groups is 1. The van der Waals surface area contributed by atoms with Gasteiger partial charge < -0.3 is 20.3 Å². The zero-order valence-corrected chi connectivity index (χ0v) is 10.3. The van der Waals surface area contributed by atoms with Gasteiger partial charge in [0.1, 0.15) is 11.5 Å². The number of benzene rings is 1. The molecule has 2 rings (SSSR count). The molecule has 3 N–H and O–H groups in total. The van der Waals surface area contributed by atoms with Gasteiger partial charge in [-0.1, -0.05) is 0 Å². The third-order valence-electron chi connectivity index (χ3n) is 3.57. The van der Waals surface area contributed by atoms with Crippen molar-refractivity contribution in [1.29, 1.82) is 0 Å². The smallest absolute Gasteiger partial charge is 0.122 e. The molecule has 0 bridgehead atoms. The van der Waals surface area contributed by atoms with E-state index in [9.17, 15) is 5.11 Å². The van der Waals surface area contributed by atoms with Crippen molar-refractivity contribution in [2.75, 3.05) is 20.8 Å². The zero-order chi connectivity index (χ0) is 12.5. The molecule has 0 aliphatic heterocycles. The van der Waals surface area contributed by atoms with Gasteiger partial charge >= 0.3 is 0 Å². The van der Waals surface area contributed by atoms with E-state index in [0.717, 1.165) is 18.4 Å². The maximum Gasteiger partial charge on any atom is 0.122 e. The second-order valence-corrected chi connectivity index (χ2v) is 4.62.